The lowest BCUT2D eigenvalue weighted by Gasteiger charge is -2.16. The molecule has 0 bridgehead atoms. The van der Waals surface area contributed by atoms with E-state index in [1.165, 1.54) is 0 Å². The lowest BCUT2D eigenvalue weighted by Crippen LogP contribution is -2.40. The molecule has 0 aromatic heterocycles. The number of hydrogen-bond acceptors (Lipinski definition) is 3. The number of carbonyl (C=O) groups is 2. The third-order valence-electron chi connectivity index (χ3n) is 2.76. The van der Waals surface area contributed by atoms with Crippen LogP contribution in [0.1, 0.15) is 18.9 Å². The van der Waals surface area contributed by atoms with Gasteiger partial charge in [-0.25, -0.2) is 4.79 Å². The first kappa shape index (κ1) is 16.0. The van der Waals surface area contributed by atoms with Crippen LogP contribution in [0.4, 0.5) is 10.5 Å². The highest BCUT2D eigenvalue weighted by atomic mass is 16.5. The number of urea groups is 1. The summed E-state index contributed by atoms with van der Waals surface area (Å²) in [6.45, 7) is 2.42. The molecule has 3 N–H and O–H groups in total. The monoisotopic (exact) mass is 280 g/mol. The summed E-state index contributed by atoms with van der Waals surface area (Å²) in [7, 11) is 1.59. The topological polar surface area (TPSA) is 87.7 Å². The number of anilines is 1. The fourth-order valence-electron chi connectivity index (χ4n) is 1.70. The summed E-state index contributed by atoms with van der Waals surface area (Å²) in [6, 6.07) is 6.36. The van der Waals surface area contributed by atoms with E-state index in [0.717, 1.165) is 6.42 Å². The summed E-state index contributed by atoms with van der Waals surface area (Å²) in [5, 5.41) is 14.2. The van der Waals surface area contributed by atoms with Gasteiger partial charge in [0.05, 0.1) is 19.1 Å². The maximum absolute atomic E-state index is 11.7. The summed E-state index contributed by atoms with van der Waals surface area (Å²) in [4.78, 5) is 22.3. The van der Waals surface area contributed by atoms with Crippen LogP contribution in [0.5, 0.6) is 0 Å². The van der Waals surface area contributed by atoms with Gasteiger partial charge in [0.2, 0.25) is 0 Å². The molecule has 0 saturated heterocycles. The van der Waals surface area contributed by atoms with Crippen molar-refractivity contribution in [2.24, 2.45) is 0 Å². The molecule has 6 nitrogen and oxygen atoms in total. The van der Waals surface area contributed by atoms with E-state index in [2.05, 4.69) is 10.6 Å². The summed E-state index contributed by atoms with van der Waals surface area (Å²) >= 11 is 0. The minimum absolute atomic E-state index is 0.0295. The number of carboxylic acids is 1. The number of amides is 2. The van der Waals surface area contributed by atoms with Crippen molar-refractivity contribution in [1.29, 1.82) is 0 Å². The van der Waals surface area contributed by atoms with Gasteiger partial charge in [0.1, 0.15) is 0 Å². The predicted octanol–water partition coefficient (Wildman–Crippen LogP) is 1.86. The molecule has 6 heteroatoms. The first-order valence-electron chi connectivity index (χ1n) is 6.42. The second kappa shape index (κ2) is 8.16. The molecule has 1 unspecified atom stereocenters. The molecule has 1 atom stereocenters. The van der Waals surface area contributed by atoms with Gasteiger partial charge in [0, 0.05) is 12.8 Å². The normalized spacial score (nSPS) is 11.7. The van der Waals surface area contributed by atoms with Gasteiger partial charge in [-0.3, -0.25) is 4.79 Å². The fourth-order valence-corrected chi connectivity index (χ4v) is 1.70. The molecule has 0 heterocycles. The second-order valence-electron chi connectivity index (χ2n) is 4.43. The van der Waals surface area contributed by atoms with Gasteiger partial charge < -0.3 is 20.5 Å². The third-order valence-corrected chi connectivity index (χ3v) is 2.76. The van der Waals surface area contributed by atoms with Crippen LogP contribution in [0.15, 0.2) is 24.3 Å². The van der Waals surface area contributed by atoms with Crippen molar-refractivity contribution >= 4 is 17.7 Å². The Bertz CT molecular complexity index is 445. The second-order valence-corrected chi connectivity index (χ2v) is 4.43. The highest BCUT2D eigenvalue weighted by molar-refractivity contribution is 5.89. The molecule has 20 heavy (non-hydrogen) atoms. The van der Waals surface area contributed by atoms with Crippen molar-refractivity contribution in [2.45, 2.75) is 25.8 Å². The van der Waals surface area contributed by atoms with Crippen molar-refractivity contribution in [2.75, 3.05) is 19.0 Å². The van der Waals surface area contributed by atoms with E-state index in [0.29, 0.717) is 17.9 Å². The van der Waals surface area contributed by atoms with Crippen molar-refractivity contribution in [1.82, 2.24) is 5.32 Å². The van der Waals surface area contributed by atoms with Crippen LogP contribution in [0.2, 0.25) is 0 Å². The van der Waals surface area contributed by atoms with Crippen molar-refractivity contribution in [3.63, 3.8) is 0 Å². The molecule has 1 aromatic carbocycles. The van der Waals surface area contributed by atoms with Gasteiger partial charge >= 0.3 is 12.0 Å². The van der Waals surface area contributed by atoms with Gasteiger partial charge in [-0.05, 0) is 24.1 Å². The molecule has 0 spiro atoms. The van der Waals surface area contributed by atoms with Crippen LogP contribution >= 0.6 is 0 Å². The number of rotatable bonds is 7. The quantitative estimate of drug-likeness (QED) is 0.711. The smallest absolute Gasteiger partial charge is 0.319 e. The minimum Gasteiger partial charge on any atom is -0.481 e. The van der Waals surface area contributed by atoms with Crippen molar-refractivity contribution < 1.29 is 19.4 Å². The summed E-state index contributed by atoms with van der Waals surface area (Å²) in [5.41, 5.74) is 1.30. The molecule has 0 fully saturated rings. The van der Waals surface area contributed by atoms with Crippen LogP contribution in [0.25, 0.3) is 0 Å². The number of carboxylic acid groups (broad SMARTS) is 1. The number of ether oxygens (including phenoxy) is 1. The SMILES string of the molecule is CCC(COC)NC(=O)Nc1ccc(CC(=O)O)cc1. The molecule has 110 valence electrons. The molecule has 2 amide bonds. The Kier molecular flexibility index (Phi) is 6.52. The van der Waals surface area contributed by atoms with Gasteiger partial charge in [0.15, 0.2) is 0 Å². The zero-order valence-electron chi connectivity index (χ0n) is 11.7. The Labute approximate surface area is 118 Å². The first-order chi connectivity index (χ1) is 9.55. The summed E-state index contributed by atoms with van der Waals surface area (Å²) in [6.07, 6.45) is 0.747. The van der Waals surface area contributed by atoms with E-state index in [1.807, 2.05) is 6.92 Å². The number of hydrogen-bond donors (Lipinski definition) is 3. The molecular weight excluding hydrogens is 260 g/mol. The number of nitrogens with one attached hydrogen (secondary N) is 2. The molecule has 1 aromatic rings. The van der Waals surface area contributed by atoms with Gasteiger partial charge in [0.25, 0.3) is 0 Å². The third kappa shape index (κ3) is 5.71. The number of benzene rings is 1. The van der Waals surface area contributed by atoms with E-state index in [1.54, 1.807) is 31.4 Å². The molecule has 0 aliphatic rings. The zero-order valence-corrected chi connectivity index (χ0v) is 11.7. The van der Waals surface area contributed by atoms with E-state index >= 15 is 0 Å². The Morgan fingerprint density at radius 1 is 1.30 bits per heavy atom. The van der Waals surface area contributed by atoms with Gasteiger partial charge in [-0.1, -0.05) is 19.1 Å². The Balaban J connectivity index is 2.51. The lowest BCUT2D eigenvalue weighted by atomic mass is 10.1. The van der Waals surface area contributed by atoms with Crippen molar-refractivity contribution in [3.05, 3.63) is 29.8 Å². The lowest BCUT2D eigenvalue weighted by molar-refractivity contribution is -0.136. The van der Waals surface area contributed by atoms with Crippen LogP contribution in [-0.2, 0) is 16.0 Å². The van der Waals surface area contributed by atoms with Crippen LogP contribution in [-0.4, -0.2) is 36.9 Å². The van der Waals surface area contributed by atoms with Crippen LogP contribution in [0.3, 0.4) is 0 Å². The van der Waals surface area contributed by atoms with E-state index in [9.17, 15) is 9.59 Å². The standard InChI is InChI=1S/C14H20N2O4/c1-3-11(9-20-2)15-14(19)16-12-6-4-10(5-7-12)8-13(17)18/h4-7,11H,3,8-9H2,1-2H3,(H,17,18)(H2,15,16,19). The highest BCUT2D eigenvalue weighted by Crippen LogP contribution is 2.10. The van der Waals surface area contributed by atoms with Gasteiger partial charge in [-0.15, -0.1) is 0 Å². The molecule has 1 rings (SSSR count). The minimum atomic E-state index is -0.881. The first-order valence-corrected chi connectivity index (χ1v) is 6.42. The Morgan fingerprint density at radius 3 is 2.45 bits per heavy atom. The molecule has 0 aliphatic carbocycles. The average Bonchev–Trinajstić information content (AvgIpc) is 2.40. The molecular formula is C14H20N2O4. The summed E-state index contributed by atoms with van der Waals surface area (Å²) in [5.74, 6) is -0.881. The van der Waals surface area contributed by atoms with Crippen molar-refractivity contribution in [3.8, 4) is 0 Å². The van der Waals surface area contributed by atoms with E-state index in [4.69, 9.17) is 9.84 Å². The Morgan fingerprint density at radius 2 is 1.95 bits per heavy atom. The van der Waals surface area contributed by atoms with Gasteiger partial charge in [-0.2, -0.15) is 0 Å². The highest BCUT2D eigenvalue weighted by Gasteiger charge is 2.10. The predicted molar refractivity (Wildman–Crippen MR) is 75.9 cm³/mol. The van der Waals surface area contributed by atoms with E-state index in [-0.39, 0.29) is 18.5 Å². The maximum Gasteiger partial charge on any atom is 0.319 e. The molecule has 0 aliphatic heterocycles. The van der Waals surface area contributed by atoms with Crippen LogP contribution in [0, 0.1) is 0 Å². The van der Waals surface area contributed by atoms with Crippen LogP contribution < -0.4 is 10.6 Å². The largest absolute Gasteiger partial charge is 0.481 e. The fraction of sp³-hybridized carbons (Fsp3) is 0.429. The number of aliphatic carboxylic acids is 1. The number of carbonyl (C=O) groups excluding carboxylic acids is 1. The van der Waals surface area contributed by atoms with E-state index < -0.39 is 5.97 Å². The zero-order chi connectivity index (χ0) is 15.0. The molecule has 0 saturated carbocycles. The average molecular weight is 280 g/mol. The summed E-state index contributed by atoms with van der Waals surface area (Å²) < 4.78 is 5.00. The Hall–Kier alpha value is -2.08. The molecule has 0 radical (unpaired) electrons. The maximum atomic E-state index is 11.7. The number of methoxy groups -OCH3 is 1.